The quantitative estimate of drug-likeness (QED) is 0.761. The molecule has 0 unspecified atom stereocenters. The van der Waals surface area contributed by atoms with Gasteiger partial charge in [0.25, 0.3) is 0 Å². The molecular weight excluding hydrogens is 286 g/mol. The highest BCUT2D eigenvalue weighted by atomic mass is 16.1. The standard InChI is InChI=1S/C19H21N3O/c1-15-5-7-16(8-6-15)9-10-19(23)20-12-11-18-21-14-17-4-2-3-13-22(17)18/h2-8,13-14H,9-12H2,1H3,(H,20,23). The molecule has 23 heavy (non-hydrogen) atoms. The summed E-state index contributed by atoms with van der Waals surface area (Å²) in [6, 6.07) is 14.3. The second-order valence-corrected chi connectivity index (χ2v) is 5.76. The van der Waals surface area contributed by atoms with E-state index in [4.69, 9.17) is 0 Å². The lowest BCUT2D eigenvalue weighted by molar-refractivity contribution is -0.121. The number of hydrogen-bond acceptors (Lipinski definition) is 2. The van der Waals surface area contributed by atoms with Crippen molar-refractivity contribution in [3.05, 3.63) is 71.8 Å². The van der Waals surface area contributed by atoms with Crippen LogP contribution in [-0.4, -0.2) is 21.8 Å². The SMILES string of the molecule is Cc1ccc(CCC(=O)NCCc2ncc3ccccn23)cc1. The van der Waals surface area contributed by atoms with E-state index in [9.17, 15) is 4.79 Å². The summed E-state index contributed by atoms with van der Waals surface area (Å²) in [5.74, 6) is 1.06. The minimum absolute atomic E-state index is 0.0893. The lowest BCUT2D eigenvalue weighted by Gasteiger charge is -2.06. The van der Waals surface area contributed by atoms with Gasteiger partial charge in [0.1, 0.15) is 5.82 Å². The molecule has 118 valence electrons. The van der Waals surface area contributed by atoms with Gasteiger partial charge in [-0.05, 0) is 31.0 Å². The van der Waals surface area contributed by atoms with Gasteiger partial charge >= 0.3 is 0 Å². The molecule has 0 fully saturated rings. The number of pyridine rings is 1. The predicted octanol–water partition coefficient (Wildman–Crippen LogP) is 2.93. The zero-order valence-electron chi connectivity index (χ0n) is 13.3. The molecule has 0 bridgehead atoms. The normalized spacial score (nSPS) is 10.8. The van der Waals surface area contributed by atoms with E-state index in [-0.39, 0.29) is 5.91 Å². The number of aromatic nitrogens is 2. The highest BCUT2D eigenvalue weighted by Crippen LogP contribution is 2.07. The van der Waals surface area contributed by atoms with Crippen molar-refractivity contribution in [2.24, 2.45) is 0 Å². The number of imidazole rings is 1. The van der Waals surface area contributed by atoms with Crippen LogP contribution in [0.25, 0.3) is 5.52 Å². The van der Waals surface area contributed by atoms with E-state index in [1.165, 1.54) is 11.1 Å². The molecule has 2 aromatic heterocycles. The fraction of sp³-hybridized carbons (Fsp3) is 0.263. The summed E-state index contributed by atoms with van der Waals surface area (Å²) in [4.78, 5) is 16.3. The minimum Gasteiger partial charge on any atom is -0.356 e. The Morgan fingerprint density at radius 2 is 1.96 bits per heavy atom. The van der Waals surface area contributed by atoms with Crippen molar-refractivity contribution in [1.82, 2.24) is 14.7 Å². The number of amides is 1. The number of carbonyl (C=O) groups is 1. The maximum atomic E-state index is 11.9. The first-order valence-electron chi connectivity index (χ1n) is 7.95. The van der Waals surface area contributed by atoms with Crippen LogP contribution in [0.15, 0.2) is 54.9 Å². The van der Waals surface area contributed by atoms with Gasteiger partial charge in [0.2, 0.25) is 5.91 Å². The van der Waals surface area contributed by atoms with Crippen LogP contribution < -0.4 is 5.32 Å². The second-order valence-electron chi connectivity index (χ2n) is 5.76. The number of aryl methyl sites for hydroxylation is 2. The van der Waals surface area contributed by atoms with Gasteiger partial charge in [-0.3, -0.25) is 4.79 Å². The van der Waals surface area contributed by atoms with Gasteiger partial charge < -0.3 is 9.72 Å². The van der Waals surface area contributed by atoms with Crippen LogP contribution in [0.1, 0.15) is 23.4 Å². The van der Waals surface area contributed by atoms with E-state index in [1.54, 1.807) is 0 Å². The number of benzene rings is 1. The molecule has 0 saturated carbocycles. The van der Waals surface area contributed by atoms with Gasteiger partial charge in [-0.15, -0.1) is 0 Å². The summed E-state index contributed by atoms with van der Waals surface area (Å²) in [6.07, 6.45) is 5.88. The number of carbonyl (C=O) groups excluding carboxylic acids is 1. The molecule has 0 aliphatic rings. The van der Waals surface area contributed by atoms with Gasteiger partial charge in [-0.25, -0.2) is 4.98 Å². The molecule has 1 amide bonds. The molecule has 3 aromatic rings. The maximum absolute atomic E-state index is 11.9. The van der Waals surface area contributed by atoms with Crippen LogP contribution >= 0.6 is 0 Å². The lowest BCUT2D eigenvalue weighted by Crippen LogP contribution is -2.26. The average molecular weight is 307 g/mol. The van der Waals surface area contributed by atoms with Crippen LogP contribution in [0, 0.1) is 6.92 Å². The average Bonchev–Trinajstić information content (AvgIpc) is 2.98. The van der Waals surface area contributed by atoms with Crippen molar-refractivity contribution in [3.8, 4) is 0 Å². The number of rotatable bonds is 6. The van der Waals surface area contributed by atoms with Gasteiger partial charge in [0.05, 0.1) is 11.7 Å². The Labute approximate surface area is 136 Å². The summed E-state index contributed by atoms with van der Waals surface area (Å²) in [7, 11) is 0. The Kier molecular flexibility index (Phi) is 4.71. The second kappa shape index (κ2) is 7.09. The van der Waals surface area contributed by atoms with E-state index in [2.05, 4.69) is 45.9 Å². The molecule has 0 spiro atoms. The van der Waals surface area contributed by atoms with Crippen molar-refractivity contribution in [2.45, 2.75) is 26.2 Å². The minimum atomic E-state index is 0.0893. The molecular formula is C19H21N3O. The van der Waals surface area contributed by atoms with E-state index < -0.39 is 0 Å². The van der Waals surface area contributed by atoms with Crippen LogP contribution in [-0.2, 0) is 17.6 Å². The number of hydrogen-bond donors (Lipinski definition) is 1. The summed E-state index contributed by atoms with van der Waals surface area (Å²) in [6.45, 7) is 2.68. The molecule has 4 heteroatoms. The van der Waals surface area contributed by atoms with Crippen molar-refractivity contribution in [2.75, 3.05) is 6.54 Å². The Bertz CT molecular complexity index is 790. The van der Waals surface area contributed by atoms with E-state index in [1.807, 2.05) is 30.6 Å². The summed E-state index contributed by atoms with van der Waals surface area (Å²) < 4.78 is 2.05. The summed E-state index contributed by atoms with van der Waals surface area (Å²) in [5, 5.41) is 2.97. The van der Waals surface area contributed by atoms with Gasteiger partial charge in [0.15, 0.2) is 0 Å². The molecule has 0 saturated heterocycles. The van der Waals surface area contributed by atoms with Crippen molar-refractivity contribution in [1.29, 1.82) is 0 Å². The first-order chi connectivity index (χ1) is 11.2. The van der Waals surface area contributed by atoms with E-state index in [0.717, 1.165) is 24.2 Å². The molecule has 0 aliphatic carbocycles. The molecule has 1 N–H and O–H groups in total. The van der Waals surface area contributed by atoms with Crippen molar-refractivity contribution in [3.63, 3.8) is 0 Å². The zero-order valence-corrected chi connectivity index (χ0v) is 13.3. The monoisotopic (exact) mass is 307 g/mol. The third-order valence-electron chi connectivity index (χ3n) is 3.95. The Hall–Kier alpha value is -2.62. The lowest BCUT2D eigenvalue weighted by atomic mass is 10.1. The largest absolute Gasteiger partial charge is 0.356 e. The van der Waals surface area contributed by atoms with Crippen molar-refractivity contribution >= 4 is 11.4 Å². The molecule has 4 nitrogen and oxygen atoms in total. The molecule has 3 rings (SSSR count). The van der Waals surface area contributed by atoms with Gasteiger partial charge in [0, 0.05) is 25.6 Å². The van der Waals surface area contributed by atoms with Crippen LogP contribution in [0.4, 0.5) is 0 Å². The van der Waals surface area contributed by atoms with Crippen LogP contribution in [0.5, 0.6) is 0 Å². The third kappa shape index (κ3) is 3.97. The highest BCUT2D eigenvalue weighted by molar-refractivity contribution is 5.76. The fourth-order valence-corrected chi connectivity index (χ4v) is 2.60. The van der Waals surface area contributed by atoms with E-state index in [0.29, 0.717) is 13.0 Å². The van der Waals surface area contributed by atoms with Gasteiger partial charge in [-0.1, -0.05) is 35.9 Å². The van der Waals surface area contributed by atoms with Gasteiger partial charge in [-0.2, -0.15) is 0 Å². The van der Waals surface area contributed by atoms with Crippen molar-refractivity contribution < 1.29 is 4.79 Å². The Morgan fingerprint density at radius 1 is 1.13 bits per heavy atom. The Balaban J connectivity index is 1.45. The highest BCUT2D eigenvalue weighted by Gasteiger charge is 2.05. The molecule has 2 heterocycles. The fourth-order valence-electron chi connectivity index (χ4n) is 2.60. The first kappa shape index (κ1) is 15.3. The molecule has 0 atom stereocenters. The smallest absolute Gasteiger partial charge is 0.220 e. The number of fused-ring (bicyclic) bond motifs is 1. The van der Waals surface area contributed by atoms with Crippen LogP contribution in [0.3, 0.4) is 0 Å². The van der Waals surface area contributed by atoms with E-state index >= 15 is 0 Å². The first-order valence-corrected chi connectivity index (χ1v) is 7.95. The molecule has 1 aromatic carbocycles. The maximum Gasteiger partial charge on any atom is 0.220 e. The third-order valence-corrected chi connectivity index (χ3v) is 3.95. The summed E-state index contributed by atoms with van der Waals surface area (Å²) in [5.41, 5.74) is 3.52. The topological polar surface area (TPSA) is 46.4 Å². The summed E-state index contributed by atoms with van der Waals surface area (Å²) >= 11 is 0. The molecule has 0 aliphatic heterocycles. The Morgan fingerprint density at radius 3 is 2.78 bits per heavy atom. The number of nitrogens with one attached hydrogen (secondary N) is 1. The number of nitrogens with zero attached hydrogens (tertiary/aromatic N) is 2. The zero-order chi connectivity index (χ0) is 16.1. The molecule has 0 radical (unpaired) electrons. The van der Waals surface area contributed by atoms with Crippen LogP contribution in [0.2, 0.25) is 0 Å². The predicted molar refractivity (Wildman–Crippen MR) is 91.4 cm³/mol.